The summed E-state index contributed by atoms with van der Waals surface area (Å²) in [5.41, 5.74) is 1.26. The van der Waals surface area contributed by atoms with Gasteiger partial charge in [-0.1, -0.05) is 0 Å². The molecule has 0 N–H and O–H groups in total. The maximum absolute atomic E-state index is 13.0. The molecule has 128 valence electrons. The molecule has 24 heavy (non-hydrogen) atoms. The van der Waals surface area contributed by atoms with Gasteiger partial charge in [0.15, 0.2) is 5.65 Å². The van der Waals surface area contributed by atoms with Gasteiger partial charge in [0, 0.05) is 43.6 Å². The van der Waals surface area contributed by atoms with Crippen molar-refractivity contribution in [1.29, 1.82) is 0 Å². The van der Waals surface area contributed by atoms with Crippen molar-refractivity contribution in [2.24, 2.45) is 0 Å². The number of fused-ring (bicyclic) bond motifs is 1. The summed E-state index contributed by atoms with van der Waals surface area (Å²) in [6, 6.07) is 3.55. The Balaban J connectivity index is 1.54. The van der Waals surface area contributed by atoms with Crippen molar-refractivity contribution in [3.05, 3.63) is 30.2 Å². The van der Waals surface area contributed by atoms with E-state index in [2.05, 4.69) is 28.8 Å². The normalized spacial score (nSPS) is 28.6. The summed E-state index contributed by atoms with van der Waals surface area (Å²) in [5, 5.41) is 4.25. The van der Waals surface area contributed by atoms with Crippen molar-refractivity contribution in [3.8, 4) is 0 Å². The summed E-state index contributed by atoms with van der Waals surface area (Å²) < 4.78 is 1.67. The third-order valence-corrected chi connectivity index (χ3v) is 5.64. The average Bonchev–Trinajstić information content (AvgIpc) is 3.18. The standard InChI is InChI=1S/C18H25N5O/c1-13-6-7-14(2)23(13)15-5-3-9-21(12-15)18(24)16-11-20-22-10-4-8-19-17(16)22/h4,8,10-11,13-15H,3,5-7,9,12H2,1-2H3. The van der Waals surface area contributed by atoms with Crippen LogP contribution >= 0.6 is 0 Å². The van der Waals surface area contributed by atoms with E-state index in [0.29, 0.717) is 29.3 Å². The maximum atomic E-state index is 13.0. The first-order valence-electron chi connectivity index (χ1n) is 9.00. The molecule has 1 amide bonds. The molecular formula is C18H25N5O. The predicted molar refractivity (Wildman–Crippen MR) is 91.9 cm³/mol. The van der Waals surface area contributed by atoms with Crippen LogP contribution in [0.15, 0.2) is 24.7 Å². The molecule has 4 rings (SSSR count). The van der Waals surface area contributed by atoms with Crippen LogP contribution in [-0.2, 0) is 0 Å². The van der Waals surface area contributed by atoms with Crippen molar-refractivity contribution in [1.82, 2.24) is 24.4 Å². The number of carbonyl (C=O) groups is 1. The lowest BCUT2D eigenvalue weighted by Crippen LogP contribution is -2.52. The molecule has 0 saturated carbocycles. The summed E-state index contributed by atoms with van der Waals surface area (Å²) >= 11 is 0. The molecule has 6 nitrogen and oxygen atoms in total. The molecule has 2 aromatic heterocycles. The summed E-state index contributed by atoms with van der Waals surface area (Å²) in [6.45, 7) is 6.28. The molecule has 2 fully saturated rings. The van der Waals surface area contributed by atoms with Crippen molar-refractivity contribution in [2.75, 3.05) is 13.1 Å². The highest BCUT2D eigenvalue weighted by Gasteiger charge is 2.36. The van der Waals surface area contributed by atoms with Crippen molar-refractivity contribution >= 4 is 11.6 Å². The van der Waals surface area contributed by atoms with Gasteiger partial charge in [-0.15, -0.1) is 0 Å². The van der Waals surface area contributed by atoms with Gasteiger partial charge in [0.25, 0.3) is 5.91 Å². The van der Waals surface area contributed by atoms with Crippen LogP contribution in [0.25, 0.3) is 5.65 Å². The van der Waals surface area contributed by atoms with E-state index in [0.717, 1.165) is 19.5 Å². The zero-order valence-corrected chi connectivity index (χ0v) is 14.4. The number of piperidine rings is 1. The minimum atomic E-state index is 0.0629. The Morgan fingerprint density at radius 2 is 2.00 bits per heavy atom. The van der Waals surface area contributed by atoms with Gasteiger partial charge in [-0.2, -0.15) is 5.10 Å². The molecule has 4 heterocycles. The number of nitrogens with zero attached hydrogens (tertiary/aromatic N) is 5. The molecule has 2 saturated heterocycles. The average molecular weight is 327 g/mol. The van der Waals surface area contributed by atoms with E-state index in [1.807, 2.05) is 17.2 Å². The maximum Gasteiger partial charge on any atom is 0.259 e. The van der Waals surface area contributed by atoms with E-state index in [4.69, 9.17) is 0 Å². The molecule has 3 unspecified atom stereocenters. The molecule has 3 atom stereocenters. The van der Waals surface area contributed by atoms with Gasteiger partial charge in [0.1, 0.15) is 5.56 Å². The van der Waals surface area contributed by atoms with E-state index < -0.39 is 0 Å². The highest BCUT2D eigenvalue weighted by atomic mass is 16.2. The molecule has 0 spiro atoms. The first-order chi connectivity index (χ1) is 11.6. The quantitative estimate of drug-likeness (QED) is 0.848. The number of amides is 1. The SMILES string of the molecule is CC1CCC(C)N1C1CCCN(C(=O)c2cnn3cccnc23)C1. The fraction of sp³-hybridized carbons (Fsp3) is 0.611. The molecule has 0 aliphatic carbocycles. The number of hydrogen-bond acceptors (Lipinski definition) is 4. The van der Waals surface area contributed by atoms with Crippen LogP contribution in [0.3, 0.4) is 0 Å². The molecule has 2 aliphatic heterocycles. The number of hydrogen-bond donors (Lipinski definition) is 0. The second-order valence-corrected chi connectivity index (χ2v) is 7.22. The predicted octanol–water partition coefficient (Wildman–Crippen LogP) is 2.21. The van der Waals surface area contributed by atoms with E-state index >= 15 is 0 Å². The van der Waals surface area contributed by atoms with Crippen molar-refractivity contribution in [3.63, 3.8) is 0 Å². The smallest absolute Gasteiger partial charge is 0.259 e. The molecule has 2 aliphatic rings. The van der Waals surface area contributed by atoms with E-state index in [1.165, 1.54) is 19.3 Å². The lowest BCUT2D eigenvalue weighted by Gasteiger charge is -2.41. The van der Waals surface area contributed by atoms with Gasteiger partial charge >= 0.3 is 0 Å². The summed E-state index contributed by atoms with van der Waals surface area (Å²) in [5.74, 6) is 0.0629. The topological polar surface area (TPSA) is 53.7 Å². The van der Waals surface area contributed by atoms with Gasteiger partial charge in [0.2, 0.25) is 0 Å². The zero-order valence-electron chi connectivity index (χ0n) is 14.4. The number of carbonyl (C=O) groups excluding carboxylic acids is 1. The highest BCUT2D eigenvalue weighted by molar-refractivity contribution is 5.99. The van der Waals surface area contributed by atoms with Crippen LogP contribution in [0.4, 0.5) is 0 Å². The Morgan fingerprint density at radius 3 is 2.79 bits per heavy atom. The highest BCUT2D eigenvalue weighted by Crippen LogP contribution is 2.30. The molecule has 0 aromatic carbocycles. The van der Waals surface area contributed by atoms with Crippen LogP contribution in [0.1, 0.15) is 49.9 Å². The summed E-state index contributed by atoms with van der Waals surface area (Å²) in [4.78, 5) is 22.0. The fourth-order valence-corrected chi connectivity index (χ4v) is 4.47. The van der Waals surface area contributed by atoms with Crippen LogP contribution in [0, 0.1) is 0 Å². The Bertz CT molecular complexity index is 732. The van der Waals surface area contributed by atoms with Gasteiger partial charge in [-0.3, -0.25) is 9.69 Å². The molecule has 0 radical (unpaired) electrons. The minimum absolute atomic E-state index is 0.0629. The lowest BCUT2D eigenvalue weighted by molar-refractivity contribution is 0.0488. The Kier molecular flexibility index (Phi) is 4.00. The monoisotopic (exact) mass is 327 g/mol. The van der Waals surface area contributed by atoms with Crippen LogP contribution < -0.4 is 0 Å². The molecular weight excluding hydrogens is 302 g/mol. The molecule has 6 heteroatoms. The number of likely N-dealkylation sites (tertiary alicyclic amines) is 2. The Hall–Kier alpha value is -1.95. The van der Waals surface area contributed by atoms with Gasteiger partial charge in [-0.05, 0) is 45.6 Å². The second-order valence-electron chi connectivity index (χ2n) is 7.22. The van der Waals surface area contributed by atoms with E-state index in [9.17, 15) is 4.79 Å². The van der Waals surface area contributed by atoms with Gasteiger partial charge in [0.05, 0.1) is 6.20 Å². The van der Waals surface area contributed by atoms with Crippen LogP contribution in [0.2, 0.25) is 0 Å². The summed E-state index contributed by atoms with van der Waals surface area (Å²) in [7, 11) is 0. The van der Waals surface area contributed by atoms with Gasteiger partial charge in [-0.25, -0.2) is 9.50 Å². The van der Waals surface area contributed by atoms with E-state index in [-0.39, 0.29) is 5.91 Å². The first kappa shape index (κ1) is 15.6. The molecule has 2 aromatic rings. The fourth-order valence-electron chi connectivity index (χ4n) is 4.47. The lowest BCUT2D eigenvalue weighted by atomic mass is 10.0. The third-order valence-electron chi connectivity index (χ3n) is 5.64. The van der Waals surface area contributed by atoms with Crippen LogP contribution in [0.5, 0.6) is 0 Å². The largest absolute Gasteiger partial charge is 0.337 e. The first-order valence-corrected chi connectivity index (χ1v) is 9.00. The Morgan fingerprint density at radius 1 is 1.21 bits per heavy atom. The van der Waals surface area contributed by atoms with Crippen LogP contribution in [-0.4, -0.2) is 61.5 Å². The van der Waals surface area contributed by atoms with Crippen molar-refractivity contribution < 1.29 is 4.79 Å². The van der Waals surface area contributed by atoms with E-state index in [1.54, 1.807) is 16.9 Å². The Labute approximate surface area is 142 Å². The zero-order chi connectivity index (χ0) is 16.7. The number of rotatable bonds is 2. The number of aromatic nitrogens is 3. The summed E-state index contributed by atoms with van der Waals surface area (Å²) in [6.07, 6.45) is 9.97. The molecule has 0 bridgehead atoms. The van der Waals surface area contributed by atoms with Gasteiger partial charge < -0.3 is 4.90 Å². The third kappa shape index (κ3) is 2.59. The second kappa shape index (κ2) is 6.16. The van der Waals surface area contributed by atoms with Crippen molar-refractivity contribution in [2.45, 2.75) is 57.7 Å². The minimum Gasteiger partial charge on any atom is -0.337 e.